The third-order valence-corrected chi connectivity index (χ3v) is 14.6. The SMILES string of the molecule is CCCCC(C)(CCCC)c1cc(C=NC2CCC2N=Cc2cc(C(C)(CCCC)CCC[N+](CCCC)(CCCC)CCCC)cc(C(C)C)c2O)c(O)c(C(C)C)c1. The lowest BCUT2D eigenvalue weighted by molar-refractivity contribution is -0.929. The molecule has 0 saturated heterocycles. The van der Waals surface area contributed by atoms with E-state index in [2.05, 4.69) is 107 Å². The van der Waals surface area contributed by atoms with Gasteiger partial charge >= 0.3 is 0 Å². The van der Waals surface area contributed by atoms with Gasteiger partial charge in [-0.15, -0.1) is 0 Å². The maximum absolute atomic E-state index is 11.7. The first-order valence-corrected chi connectivity index (χ1v) is 25.3. The predicted molar refractivity (Wildman–Crippen MR) is 263 cm³/mol. The van der Waals surface area contributed by atoms with Crippen molar-refractivity contribution < 1.29 is 14.7 Å². The highest BCUT2D eigenvalue weighted by atomic mass is 16.3. The highest BCUT2D eigenvalue weighted by molar-refractivity contribution is 5.86. The number of nitrogens with zero attached hydrogens (tertiary/aromatic N) is 3. The number of hydrogen-bond acceptors (Lipinski definition) is 4. The van der Waals surface area contributed by atoms with Crippen molar-refractivity contribution in [2.75, 3.05) is 26.2 Å². The first-order valence-electron chi connectivity index (χ1n) is 25.3. The molecule has 0 bridgehead atoms. The summed E-state index contributed by atoms with van der Waals surface area (Å²) in [7, 11) is 0. The molecule has 3 unspecified atom stereocenters. The fraction of sp³-hybridized carbons (Fsp3) is 0.745. The van der Waals surface area contributed by atoms with Gasteiger partial charge in [0.15, 0.2) is 0 Å². The molecule has 5 nitrogen and oxygen atoms in total. The van der Waals surface area contributed by atoms with Gasteiger partial charge in [0.25, 0.3) is 0 Å². The van der Waals surface area contributed by atoms with Crippen molar-refractivity contribution in [3.63, 3.8) is 0 Å². The summed E-state index contributed by atoms with van der Waals surface area (Å²) >= 11 is 0. The van der Waals surface area contributed by atoms with Crippen LogP contribution < -0.4 is 0 Å². The molecule has 1 saturated carbocycles. The largest absolute Gasteiger partial charge is 0.507 e. The van der Waals surface area contributed by atoms with Crippen LogP contribution in [-0.2, 0) is 10.8 Å². The van der Waals surface area contributed by atoms with Crippen LogP contribution in [0.2, 0.25) is 0 Å². The summed E-state index contributed by atoms with van der Waals surface area (Å²) in [4.78, 5) is 10.3. The van der Waals surface area contributed by atoms with E-state index in [1.54, 1.807) is 0 Å². The van der Waals surface area contributed by atoms with Gasteiger partial charge in [-0.2, -0.15) is 0 Å². The van der Waals surface area contributed by atoms with Crippen molar-refractivity contribution in [1.29, 1.82) is 0 Å². The minimum Gasteiger partial charge on any atom is -0.507 e. The fourth-order valence-corrected chi connectivity index (χ4v) is 9.78. The maximum Gasteiger partial charge on any atom is 0.127 e. The normalized spacial score (nSPS) is 17.4. The Bertz CT molecular complexity index is 1580. The monoisotopic (exact) mass is 829 g/mol. The highest BCUT2D eigenvalue weighted by Gasteiger charge is 2.33. The van der Waals surface area contributed by atoms with E-state index >= 15 is 0 Å². The summed E-state index contributed by atoms with van der Waals surface area (Å²) in [5.41, 5.74) is 6.52. The summed E-state index contributed by atoms with van der Waals surface area (Å²) in [6.07, 6.45) is 26.6. The summed E-state index contributed by atoms with van der Waals surface area (Å²) in [6, 6.07) is 9.23. The summed E-state index contributed by atoms with van der Waals surface area (Å²) in [5, 5.41) is 23.2. The van der Waals surface area contributed by atoms with E-state index in [-0.39, 0.29) is 34.7 Å². The zero-order valence-electron chi connectivity index (χ0n) is 41.3. The lowest BCUT2D eigenvalue weighted by atomic mass is 9.73. The summed E-state index contributed by atoms with van der Waals surface area (Å²) in [5.74, 6) is 1.17. The average molecular weight is 829 g/mol. The topological polar surface area (TPSA) is 65.2 Å². The second-order valence-electron chi connectivity index (χ2n) is 20.4. The first-order chi connectivity index (χ1) is 28.7. The van der Waals surface area contributed by atoms with Crippen LogP contribution in [0.5, 0.6) is 11.5 Å². The Morgan fingerprint density at radius 1 is 0.533 bits per heavy atom. The molecule has 0 spiro atoms. The molecule has 3 atom stereocenters. The molecule has 0 heterocycles. The minimum absolute atomic E-state index is 0.0314. The first kappa shape index (κ1) is 51.7. The fourth-order valence-electron chi connectivity index (χ4n) is 9.78. The smallest absolute Gasteiger partial charge is 0.127 e. The van der Waals surface area contributed by atoms with Crippen molar-refractivity contribution in [3.05, 3.63) is 57.6 Å². The van der Waals surface area contributed by atoms with Crippen LogP contribution in [-0.4, -0.2) is 65.4 Å². The standard InChI is InChI=1S/C55H93N3O2/c1-13-19-28-54(11,29-20-14-2)46-36-44(52(59)48(38-46)42(7)8)40-56-50-26-27-51(50)57-41-45-37-47(39-49(43(9)10)53(45)60)55(12,30-21-15-3)31-25-35-58(32-22-16-4,33-23-17-5)34-24-18-6/h36-43,50-51H,13-35H2,1-12H3,(H-,56,57,59,60)/p+1. The molecule has 0 aliphatic heterocycles. The van der Waals surface area contributed by atoms with Crippen molar-refractivity contribution >= 4 is 12.4 Å². The van der Waals surface area contributed by atoms with Gasteiger partial charge in [0.1, 0.15) is 11.5 Å². The van der Waals surface area contributed by atoms with E-state index in [0.29, 0.717) is 11.5 Å². The molecule has 3 rings (SSSR count). The second kappa shape index (κ2) is 25.4. The van der Waals surface area contributed by atoms with E-state index in [1.807, 2.05) is 12.4 Å². The van der Waals surface area contributed by atoms with Crippen LogP contribution in [0.3, 0.4) is 0 Å². The van der Waals surface area contributed by atoms with Crippen molar-refractivity contribution in [2.24, 2.45) is 9.98 Å². The van der Waals surface area contributed by atoms with Crippen LogP contribution in [0.25, 0.3) is 0 Å². The molecule has 2 N–H and O–H groups in total. The van der Waals surface area contributed by atoms with E-state index in [0.717, 1.165) is 54.4 Å². The predicted octanol–water partition coefficient (Wildman–Crippen LogP) is 15.5. The highest BCUT2D eigenvalue weighted by Crippen LogP contribution is 2.42. The Morgan fingerprint density at radius 2 is 0.850 bits per heavy atom. The number of rotatable bonds is 30. The quantitative estimate of drug-likeness (QED) is 0.0608. The third kappa shape index (κ3) is 14.5. The third-order valence-electron chi connectivity index (χ3n) is 14.6. The molecule has 1 aliphatic rings. The van der Waals surface area contributed by atoms with E-state index in [4.69, 9.17) is 9.98 Å². The van der Waals surface area contributed by atoms with Gasteiger partial charge < -0.3 is 14.7 Å². The molecule has 0 aromatic heterocycles. The summed E-state index contributed by atoms with van der Waals surface area (Å²) < 4.78 is 1.29. The van der Waals surface area contributed by atoms with Gasteiger partial charge in [-0.05, 0) is 121 Å². The van der Waals surface area contributed by atoms with Gasteiger partial charge in [0, 0.05) is 23.6 Å². The van der Waals surface area contributed by atoms with Gasteiger partial charge in [0.05, 0.1) is 38.3 Å². The molecule has 60 heavy (non-hydrogen) atoms. The van der Waals surface area contributed by atoms with Crippen LogP contribution in [0, 0.1) is 0 Å². The number of benzene rings is 2. The molecule has 340 valence electrons. The number of quaternary nitrogens is 1. The van der Waals surface area contributed by atoms with Crippen LogP contribution in [0.15, 0.2) is 34.3 Å². The summed E-state index contributed by atoms with van der Waals surface area (Å²) in [6.45, 7) is 32.8. The van der Waals surface area contributed by atoms with Crippen molar-refractivity contribution in [2.45, 2.75) is 240 Å². The number of unbranched alkanes of at least 4 members (excludes halogenated alkanes) is 6. The molecule has 5 heteroatoms. The molecule has 1 fully saturated rings. The Balaban J connectivity index is 1.95. The maximum atomic E-state index is 11.7. The number of phenolic OH excluding ortho intramolecular Hbond substituents is 2. The van der Waals surface area contributed by atoms with E-state index < -0.39 is 0 Å². The Hall–Kier alpha value is -2.66. The molecule has 1 aliphatic carbocycles. The van der Waals surface area contributed by atoms with Crippen molar-refractivity contribution in [1.82, 2.24) is 0 Å². The van der Waals surface area contributed by atoms with Gasteiger partial charge in [-0.3, -0.25) is 9.98 Å². The van der Waals surface area contributed by atoms with Crippen molar-refractivity contribution in [3.8, 4) is 11.5 Å². The lowest BCUT2D eigenvalue weighted by Gasteiger charge is -2.40. The average Bonchev–Trinajstić information content (AvgIpc) is 3.22. The zero-order chi connectivity index (χ0) is 44.3. The molecular formula is C55H94N3O2+. The Kier molecular flexibility index (Phi) is 21.9. The molecule has 0 amide bonds. The Labute approximate surface area is 371 Å². The molecule has 2 aromatic carbocycles. The van der Waals surface area contributed by atoms with Gasteiger partial charge in [-0.1, -0.05) is 153 Å². The lowest BCUT2D eigenvalue weighted by Crippen LogP contribution is -2.51. The molecule has 2 aromatic rings. The zero-order valence-corrected chi connectivity index (χ0v) is 41.3. The van der Waals surface area contributed by atoms with Crippen LogP contribution in [0.4, 0.5) is 0 Å². The number of phenols is 2. The second-order valence-corrected chi connectivity index (χ2v) is 20.4. The number of aromatic hydroxyl groups is 2. The van der Waals surface area contributed by atoms with Gasteiger partial charge in [-0.25, -0.2) is 0 Å². The molecule has 0 radical (unpaired) electrons. The number of hydrogen-bond donors (Lipinski definition) is 2. The Morgan fingerprint density at radius 3 is 1.15 bits per heavy atom. The van der Waals surface area contributed by atoms with Crippen LogP contribution >= 0.6 is 0 Å². The van der Waals surface area contributed by atoms with E-state index in [9.17, 15) is 10.2 Å². The van der Waals surface area contributed by atoms with Gasteiger partial charge in [0.2, 0.25) is 0 Å². The minimum atomic E-state index is 0.0314. The number of aliphatic imine (C=N–C) groups is 2. The molecular weight excluding hydrogens is 735 g/mol. The van der Waals surface area contributed by atoms with Crippen LogP contribution in [0.1, 0.15) is 250 Å². The van der Waals surface area contributed by atoms with E-state index in [1.165, 1.54) is 132 Å².